The fourth-order valence-electron chi connectivity index (χ4n) is 1.58. The van der Waals surface area contributed by atoms with Crippen molar-refractivity contribution in [3.8, 4) is 0 Å². The van der Waals surface area contributed by atoms with Gasteiger partial charge in [0.15, 0.2) is 6.04 Å². The summed E-state index contributed by atoms with van der Waals surface area (Å²) >= 11 is 0. The number of ether oxygens (including phenoxy) is 2. The van der Waals surface area contributed by atoms with Gasteiger partial charge in [-0.1, -0.05) is 0 Å². The number of methoxy groups -OCH3 is 1. The number of aliphatic carboxylic acids is 1. The third-order valence-electron chi connectivity index (χ3n) is 2.58. The number of nitrogens with one attached hydrogen (secondary N) is 1. The van der Waals surface area contributed by atoms with Gasteiger partial charge in [0.1, 0.15) is 5.60 Å². The number of carboxylic acids is 1. The second kappa shape index (κ2) is 4.52. The molecular weight excluding hydrogens is 226 g/mol. The Hall–Kier alpha value is -1.30. The van der Waals surface area contributed by atoms with Gasteiger partial charge < -0.3 is 19.9 Å². The van der Waals surface area contributed by atoms with Crippen LogP contribution in [0.3, 0.4) is 0 Å². The summed E-state index contributed by atoms with van der Waals surface area (Å²) in [6.07, 6.45) is 0.500. The van der Waals surface area contributed by atoms with Crippen molar-refractivity contribution in [2.45, 2.75) is 50.9 Å². The Bertz CT molecular complexity index is 316. The van der Waals surface area contributed by atoms with Gasteiger partial charge in [0.05, 0.1) is 5.60 Å². The molecule has 6 heteroatoms. The molecule has 1 aliphatic rings. The summed E-state index contributed by atoms with van der Waals surface area (Å²) in [5.41, 5.74) is -1.43. The number of carbonyl (C=O) groups excluding carboxylic acids is 1. The average Bonchev–Trinajstić information content (AvgIpc) is 2.91. The smallest absolute Gasteiger partial charge is 0.408 e. The highest BCUT2D eigenvalue weighted by Crippen LogP contribution is 2.42. The van der Waals surface area contributed by atoms with Gasteiger partial charge in [0.25, 0.3) is 0 Å². The van der Waals surface area contributed by atoms with Crippen molar-refractivity contribution >= 4 is 12.1 Å². The molecule has 1 amide bonds. The van der Waals surface area contributed by atoms with Crippen LogP contribution >= 0.6 is 0 Å². The number of rotatable bonds is 4. The first-order valence-corrected chi connectivity index (χ1v) is 5.48. The standard InChI is InChI=1S/C11H19NO5/c1-10(2,3)17-9(15)12-7(8(13)14)11(16-4)5-6-11/h7H,5-6H2,1-4H3,(H,12,15)(H,13,14). The lowest BCUT2D eigenvalue weighted by atomic mass is 10.1. The quantitative estimate of drug-likeness (QED) is 0.776. The molecule has 1 unspecified atom stereocenters. The van der Waals surface area contributed by atoms with Crippen molar-refractivity contribution in [3.05, 3.63) is 0 Å². The molecule has 1 aliphatic carbocycles. The Morgan fingerprint density at radius 1 is 1.35 bits per heavy atom. The second-order valence-corrected chi connectivity index (χ2v) is 5.19. The zero-order chi connectivity index (χ0) is 13.3. The monoisotopic (exact) mass is 245 g/mol. The SMILES string of the molecule is COC1(C(NC(=O)OC(C)(C)C)C(=O)O)CC1. The van der Waals surface area contributed by atoms with Crippen LogP contribution in [-0.4, -0.2) is 41.5 Å². The van der Waals surface area contributed by atoms with Gasteiger partial charge in [-0.15, -0.1) is 0 Å². The molecule has 0 aromatic carbocycles. The van der Waals surface area contributed by atoms with Gasteiger partial charge in [0.2, 0.25) is 0 Å². The number of carbonyl (C=O) groups is 2. The van der Waals surface area contributed by atoms with Crippen LogP contribution in [0.1, 0.15) is 33.6 Å². The molecule has 0 aromatic heterocycles. The summed E-state index contributed by atoms with van der Waals surface area (Å²) in [4.78, 5) is 22.6. The van der Waals surface area contributed by atoms with Crippen molar-refractivity contribution in [1.29, 1.82) is 0 Å². The first kappa shape index (κ1) is 13.8. The minimum Gasteiger partial charge on any atom is -0.480 e. The molecule has 0 aromatic rings. The number of hydrogen-bond acceptors (Lipinski definition) is 4. The van der Waals surface area contributed by atoms with Crippen molar-refractivity contribution < 1.29 is 24.2 Å². The van der Waals surface area contributed by atoms with E-state index < -0.39 is 29.3 Å². The Labute approximate surface area is 100 Å². The molecule has 0 spiro atoms. The summed E-state index contributed by atoms with van der Waals surface area (Å²) in [5, 5.41) is 11.4. The van der Waals surface area contributed by atoms with Crippen LogP contribution in [0, 0.1) is 0 Å². The maximum absolute atomic E-state index is 11.5. The summed E-state index contributed by atoms with van der Waals surface area (Å²) < 4.78 is 10.2. The minimum absolute atomic E-state index is 0.621. The van der Waals surface area contributed by atoms with Gasteiger partial charge in [-0.05, 0) is 33.6 Å². The van der Waals surface area contributed by atoms with Crippen molar-refractivity contribution in [3.63, 3.8) is 0 Å². The molecular formula is C11H19NO5. The van der Waals surface area contributed by atoms with E-state index in [-0.39, 0.29) is 0 Å². The lowest BCUT2D eigenvalue weighted by molar-refractivity contribution is -0.144. The lowest BCUT2D eigenvalue weighted by Crippen LogP contribution is -2.52. The van der Waals surface area contributed by atoms with Crippen LogP contribution in [0.2, 0.25) is 0 Å². The number of amides is 1. The van der Waals surface area contributed by atoms with E-state index in [1.807, 2.05) is 0 Å². The fourth-order valence-corrected chi connectivity index (χ4v) is 1.58. The molecule has 0 aliphatic heterocycles. The van der Waals surface area contributed by atoms with E-state index in [9.17, 15) is 9.59 Å². The molecule has 1 rings (SSSR count). The molecule has 0 heterocycles. The minimum atomic E-state index is -1.12. The third kappa shape index (κ3) is 3.59. The predicted molar refractivity (Wildman–Crippen MR) is 59.8 cm³/mol. The molecule has 98 valence electrons. The van der Waals surface area contributed by atoms with Crippen LogP contribution in [0.15, 0.2) is 0 Å². The average molecular weight is 245 g/mol. The summed E-state index contributed by atoms with van der Waals surface area (Å²) in [6.45, 7) is 5.14. The topological polar surface area (TPSA) is 84.9 Å². The maximum Gasteiger partial charge on any atom is 0.408 e. The summed E-state index contributed by atoms with van der Waals surface area (Å²) in [5.74, 6) is -1.12. The molecule has 1 atom stereocenters. The van der Waals surface area contributed by atoms with E-state index in [4.69, 9.17) is 14.6 Å². The largest absolute Gasteiger partial charge is 0.480 e. The number of carboxylic acid groups (broad SMARTS) is 1. The van der Waals surface area contributed by atoms with E-state index in [2.05, 4.69) is 5.32 Å². The van der Waals surface area contributed by atoms with Crippen LogP contribution in [0.5, 0.6) is 0 Å². The summed E-state index contributed by atoms with van der Waals surface area (Å²) in [6, 6.07) is -1.07. The van der Waals surface area contributed by atoms with Gasteiger partial charge in [-0.3, -0.25) is 0 Å². The maximum atomic E-state index is 11.5. The molecule has 6 nitrogen and oxygen atoms in total. The first-order chi connectivity index (χ1) is 7.70. The van der Waals surface area contributed by atoms with Crippen LogP contribution in [0.4, 0.5) is 4.79 Å². The van der Waals surface area contributed by atoms with Crippen molar-refractivity contribution in [2.75, 3.05) is 7.11 Å². The summed E-state index contributed by atoms with van der Waals surface area (Å²) in [7, 11) is 1.44. The highest BCUT2D eigenvalue weighted by Gasteiger charge is 2.54. The van der Waals surface area contributed by atoms with Crippen LogP contribution in [0.25, 0.3) is 0 Å². The molecule has 2 N–H and O–H groups in total. The van der Waals surface area contributed by atoms with Gasteiger partial charge in [-0.2, -0.15) is 0 Å². The second-order valence-electron chi connectivity index (χ2n) is 5.19. The van der Waals surface area contributed by atoms with E-state index in [0.29, 0.717) is 12.8 Å². The number of alkyl carbamates (subject to hydrolysis) is 1. The van der Waals surface area contributed by atoms with Crippen LogP contribution < -0.4 is 5.32 Å². The zero-order valence-corrected chi connectivity index (χ0v) is 10.6. The predicted octanol–water partition coefficient (Wildman–Crippen LogP) is 1.14. The molecule has 0 bridgehead atoms. The van der Waals surface area contributed by atoms with Gasteiger partial charge in [0, 0.05) is 7.11 Å². The highest BCUT2D eigenvalue weighted by molar-refractivity contribution is 5.82. The van der Waals surface area contributed by atoms with E-state index in [1.165, 1.54) is 7.11 Å². The van der Waals surface area contributed by atoms with E-state index in [0.717, 1.165) is 0 Å². The van der Waals surface area contributed by atoms with E-state index in [1.54, 1.807) is 20.8 Å². The van der Waals surface area contributed by atoms with Gasteiger partial charge >= 0.3 is 12.1 Å². The third-order valence-corrected chi connectivity index (χ3v) is 2.58. The number of hydrogen-bond donors (Lipinski definition) is 2. The zero-order valence-electron chi connectivity index (χ0n) is 10.6. The Kier molecular flexibility index (Phi) is 3.66. The molecule has 0 radical (unpaired) electrons. The Balaban J connectivity index is 2.63. The molecule has 17 heavy (non-hydrogen) atoms. The first-order valence-electron chi connectivity index (χ1n) is 5.48. The van der Waals surface area contributed by atoms with Crippen LogP contribution in [-0.2, 0) is 14.3 Å². The molecule has 1 fully saturated rings. The Morgan fingerprint density at radius 2 is 1.88 bits per heavy atom. The normalized spacial score (nSPS) is 19.3. The van der Waals surface area contributed by atoms with Crippen molar-refractivity contribution in [2.24, 2.45) is 0 Å². The molecule has 1 saturated carbocycles. The fraction of sp³-hybridized carbons (Fsp3) is 0.818. The van der Waals surface area contributed by atoms with Crippen molar-refractivity contribution in [1.82, 2.24) is 5.32 Å². The Morgan fingerprint density at radius 3 is 2.18 bits per heavy atom. The van der Waals surface area contributed by atoms with E-state index >= 15 is 0 Å². The van der Waals surface area contributed by atoms with Gasteiger partial charge in [-0.25, -0.2) is 9.59 Å². The lowest BCUT2D eigenvalue weighted by Gasteiger charge is -2.25. The highest BCUT2D eigenvalue weighted by atomic mass is 16.6. The molecule has 0 saturated heterocycles.